The third-order valence-corrected chi connectivity index (χ3v) is 4.52. The molecule has 1 fully saturated rings. The van der Waals surface area contributed by atoms with Crippen molar-refractivity contribution < 1.29 is 4.74 Å². The van der Waals surface area contributed by atoms with Gasteiger partial charge in [0, 0.05) is 24.8 Å². The molecule has 0 saturated carbocycles. The highest BCUT2D eigenvalue weighted by atomic mass is 16.5. The highest BCUT2D eigenvalue weighted by Gasteiger charge is 2.20. The summed E-state index contributed by atoms with van der Waals surface area (Å²) in [6, 6.07) is 12.1. The fourth-order valence-electron chi connectivity index (χ4n) is 3.15. The predicted molar refractivity (Wildman–Crippen MR) is 97.6 cm³/mol. The fraction of sp³-hybridized carbons (Fsp3) is 0.316. The molecular weight excluding hydrogens is 328 g/mol. The first kappa shape index (κ1) is 16.7. The van der Waals surface area contributed by atoms with Gasteiger partial charge in [-0.2, -0.15) is 5.10 Å². The van der Waals surface area contributed by atoms with Gasteiger partial charge in [-0.1, -0.05) is 30.3 Å². The number of rotatable bonds is 7. The molecule has 1 aromatic carbocycles. The van der Waals surface area contributed by atoms with Crippen LogP contribution in [0.2, 0.25) is 0 Å². The smallest absolute Gasteiger partial charge is 0.145 e. The summed E-state index contributed by atoms with van der Waals surface area (Å²) in [5.41, 5.74) is 2.20. The van der Waals surface area contributed by atoms with Gasteiger partial charge in [0.2, 0.25) is 0 Å². The van der Waals surface area contributed by atoms with Crippen LogP contribution in [0.15, 0.2) is 55.1 Å². The van der Waals surface area contributed by atoms with Crippen molar-refractivity contribution in [3.05, 3.63) is 72.1 Å². The standard InChI is InChI=1S/C19H22N6O/c1-2-4-14(5-3-1)18(19-23-13-24-25-19)22-10-15-6-8-21-12-17(15)26-16-7-9-20-11-16/h1-6,8,12-13,16,18,20,22H,7,9-11H2,(H,23,24,25)/t16-,18?/m0/s1. The van der Waals surface area contributed by atoms with Crippen LogP contribution in [0, 0.1) is 0 Å². The molecule has 3 aromatic rings. The third kappa shape index (κ3) is 3.89. The molecule has 3 heterocycles. The Bertz CT molecular complexity index is 802. The maximum Gasteiger partial charge on any atom is 0.145 e. The van der Waals surface area contributed by atoms with Crippen LogP contribution in [0.4, 0.5) is 0 Å². The van der Waals surface area contributed by atoms with Crippen LogP contribution in [0.3, 0.4) is 0 Å². The van der Waals surface area contributed by atoms with E-state index < -0.39 is 0 Å². The molecule has 2 atom stereocenters. The molecule has 7 nitrogen and oxygen atoms in total. The van der Waals surface area contributed by atoms with Gasteiger partial charge in [-0.3, -0.25) is 15.4 Å². The van der Waals surface area contributed by atoms with Gasteiger partial charge in [-0.25, -0.2) is 4.98 Å². The molecule has 0 aliphatic carbocycles. The Labute approximate surface area is 152 Å². The lowest BCUT2D eigenvalue weighted by atomic mass is 10.1. The number of nitrogens with one attached hydrogen (secondary N) is 3. The quantitative estimate of drug-likeness (QED) is 0.602. The first-order chi connectivity index (χ1) is 12.9. The van der Waals surface area contributed by atoms with Gasteiger partial charge in [0.25, 0.3) is 0 Å². The van der Waals surface area contributed by atoms with E-state index in [2.05, 4.69) is 42.9 Å². The van der Waals surface area contributed by atoms with Crippen molar-refractivity contribution in [2.75, 3.05) is 13.1 Å². The second kappa shape index (κ2) is 8.07. The van der Waals surface area contributed by atoms with E-state index in [9.17, 15) is 0 Å². The predicted octanol–water partition coefficient (Wildman–Crippen LogP) is 1.82. The van der Waals surface area contributed by atoms with Crippen LogP contribution in [-0.2, 0) is 6.54 Å². The van der Waals surface area contributed by atoms with Crippen LogP contribution < -0.4 is 15.4 Å². The number of nitrogens with zero attached hydrogens (tertiary/aromatic N) is 3. The Balaban J connectivity index is 1.51. The molecular formula is C19H22N6O. The molecule has 134 valence electrons. The second-order valence-electron chi connectivity index (χ2n) is 6.31. The van der Waals surface area contributed by atoms with E-state index in [0.717, 1.165) is 42.2 Å². The van der Waals surface area contributed by atoms with Crippen molar-refractivity contribution in [3.63, 3.8) is 0 Å². The first-order valence-electron chi connectivity index (χ1n) is 8.84. The molecule has 4 rings (SSSR count). The number of aromatic nitrogens is 4. The molecule has 1 aliphatic rings. The maximum absolute atomic E-state index is 6.13. The number of ether oxygens (including phenoxy) is 1. The summed E-state index contributed by atoms with van der Waals surface area (Å²) in [5, 5.41) is 13.8. The van der Waals surface area contributed by atoms with Crippen molar-refractivity contribution in [2.24, 2.45) is 0 Å². The fourth-order valence-corrected chi connectivity index (χ4v) is 3.15. The summed E-state index contributed by atoms with van der Waals surface area (Å²) in [4.78, 5) is 8.55. The Kier molecular flexibility index (Phi) is 5.18. The summed E-state index contributed by atoms with van der Waals surface area (Å²) in [7, 11) is 0. The van der Waals surface area contributed by atoms with Crippen LogP contribution >= 0.6 is 0 Å². The van der Waals surface area contributed by atoms with E-state index in [1.807, 2.05) is 24.3 Å². The van der Waals surface area contributed by atoms with Crippen LogP contribution in [0.1, 0.15) is 29.4 Å². The molecule has 1 aliphatic heterocycles. The number of hydrogen-bond acceptors (Lipinski definition) is 6. The van der Waals surface area contributed by atoms with Gasteiger partial charge in [0.05, 0.1) is 12.2 Å². The lowest BCUT2D eigenvalue weighted by molar-refractivity contribution is 0.219. The number of H-pyrrole nitrogens is 1. The minimum absolute atomic E-state index is 0.0761. The molecule has 0 spiro atoms. The zero-order valence-electron chi connectivity index (χ0n) is 14.4. The Hall–Kier alpha value is -2.77. The average Bonchev–Trinajstić information content (AvgIpc) is 3.38. The van der Waals surface area contributed by atoms with Gasteiger partial charge in [-0.05, 0) is 24.6 Å². The average molecular weight is 350 g/mol. The molecule has 3 N–H and O–H groups in total. The van der Waals surface area contributed by atoms with E-state index in [4.69, 9.17) is 4.74 Å². The summed E-state index contributed by atoms with van der Waals surface area (Å²) in [6.45, 7) is 2.52. The van der Waals surface area contributed by atoms with Crippen molar-refractivity contribution in [1.29, 1.82) is 0 Å². The molecule has 2 aromatic heterocycles. The Morgan fingerprint density at radius 2 is 2.15 bits per heavy atom. The van der Waals surface area contributed by atoms with Crippen molar-refractivity contribution in [1.82, 2.24) is 30.8 Å². The van der Waals surface area contributed by atoms with Crippen LogP contribution in [0.25, 0.3) is 0 Å². The van der Waals surface area contributed by atoms with Crippen molar-refractivity contribution in [2.45, 2.75) is 25.1 Å². The number of hydrogen-bond donors (Lipinski definition) is 3. The van der Waals surface area contributed by atoms with Crippen molar-refractivity contribution in [3.8, 4) is 5.75 Å². The third-order valence-electron chi connectivity index (χ3n) is 4.52. The largest absolute Gasteiger partial charge is 0.487 e. The van der Waals surface area contributed by atoms with E-state index in [1.165, 1.54) is 6.33 Å². The zero-order valence-corrected chi connectivity index (χ0v) is 14.4. The summed E-state index contributed by atoms with van der Waals surface area (Å²) in [5.74, 6) is 1.62. The van der Waals surface area contributed by atoms with E-state index in [1.54, 1.807) is 12.4 Å². The van der Waals surface area contributed by atoms with Gasteiger partial charge in [0.1, 0.15) is 24.0 Å². The lowest BCUT2D eigenvalue weighted by Gasteiger charge is -2.19. The van der Waals surface area contributed by atoms with Crippen LogP contribution in [-0.4, -0.2) is 39.4 Å². The van der Waals surface area contributed by atoms with Crippen LogP contribution in [0.5, 0.6) is 5.75 Å². The first-order valence-corrected chi connectivity index (χ1v) is 8.84. The van der Waals surface area contributed by atoms with Gasteiger partial charge < -0.3 is 10.1 Å². The monoisotopic (exact) mass is 350 g/mol. The van der Waals surface area contributed by atoms with Gasteiger partial charge in [-0.15, -0.1) is 0 Å². The Morgan fingerprint density at radius 1 is 1.23 bits per heavy atom. The van der Waals surface area contributed by atoms with E-state index in [0.29, 0.717) is 6.54 Å². The number of aromatic amines is 1. The minimum atomic E-state index is -0.0761. The van der Waals surface area contributed by atoms with Gasteiger partial charge >= 0.3 is 0 Å². The van der Waals surface area contributed by atoms with Gasteiger partial charge in [0.15, 0.2) is 0 Å². The molecule has 1 saturated heterocycles. The molecule has 7 heteroatoms. The topological polar surface area (TPSA) is 87.8 Å². The zero-order chi connectivity index (χ0) is 17.6. The minimum Gasteiger partial charge on any atom is -0.487 e. The van der Waals surface area contributed by atoms with E-state index >= 15 is 0 Å². The van der Waals surface area contributed by atoms with Crippen molar-refractivity contribution >= 4 is 0 Å². The molecule has 0 amide bonds. The summed E-state index contributed by atoms with van der Waals surface area (Å²) >= 11 is 0. The summed E-state index contributed by atoms with van der Waals surface area (Å²) < 4.78 is 6.13. The van der Waals surface area contributed by atoms with E-state index in [-0.39, 0.29) is 12.1 Å². The normalized spacial score (nSPS) is 17.9. The molecule has 1 unspecified atom stereocenters. The molecule has 0 radical (unpaired) electrons. The lowest BCUT2D eigenvalue weighted by Crippen LogP contribution is -2.25. The SMILES string of the molecule is c1ccc(C(NCc2ccncc2O[C@H]2CCNC2)c2ncn[nH]2)cc1. The Morgan fingerprint density at radius 3 is 2.92 bits per heavy atom. The maximum atomic E-state index is 6.13. The highest BCUT2D eigenvalue weighted by molar-refractivity contribution is 5.31. The number of benzene rings is 1. The second-order valence-corrected chi connectivity index (χ2v) is 6.31. The molecule has 0 bridgehead atoms. The summed E-state index contributed by atoms with van der Waals surface area (Å²) in [6.07, 6.45) is 6.34. The highest BCUT2D eigenvalue weighted by Crippen LogP contribution is 2.23. The number of pyridine rings is 1. The molecule has 26 heavy (non-hydrogen) atoms.